The zero-order chi connectivity index (χ0) is 23.6. The Hall–Kier alpha value is -2.66. The monoisotopic (exact) mass is 493 g/mol. The van der Waals surface area contributed by atoms with Crippen molar-refractivity contribution in [2.45, 2.75) is 29.1 Å². The lowest BCUT2D eigenvalue weighted by Gasteiger charge is -2.23. The summed E-state index contributed by atoms with van der Waals surface area (Å²) in [5.41, 5.74) is 1.63. The summed E-state index contributed by atoms with van der Waals surface area (Å²) in [5, 5.41) is 3.77. The molecule has 2 aromatic heterocycles. The van der Waals surface area contributed by atoms with Crippen LogP contribution in [0, 0.1) is 0 Å². The maximum atomic E-state index is 12.9. The quantitative estimate of drug-likeness (QED) is 0.408. The van der Waals surface area contributed by atoms with Gasteiger partial charge in [0.25, 0.3) is 0 Å². The number of hydrogen-bond donors (Lipinski definition) is 1. The number of thioether (sulfide) groups is 1. The van der Waals surface area contributed by atoms with Crippen molar-refractivity contribution >= 4 is 39.9 Å². The predicted octanol–water partition coefficient (Wildman–Crippen LogP) is 4.70. The summed E-state index contributed by atoms with van der Waals surface area (Å²) in [6.45, 7) is 1.27. The smallest absolute Gasteiger partial charge is 0.355 e. The summed E-state index contributed by atoms with van der Waals surface area (Å²) in [6.07, 6.45) is 2.07. The van der Waals surface area contributed by atoms with E-state index in [0.29, 0.717) is 53.3 Å². The van der Waals surface area contributed by atoms with Crippen LogP contribution < -0.4 is 10.2 Å². The molecule has 0 saturated carbocycles. The van der Waals surface area contributed by atoms with E-state index in [1.807, 2.05) is 12.3 Å². The highest BCUT2D eigenvalue weighted by atomic mass is 32.2. The number of pyridine rings is 1. The summed E-state index contributed by atoms with van der Waals surface area (Å²) in [7, 11) is -1.17. The fraction of sp³-hybridized carbons (Fsp3) is 0.318. The molecule has 174 valence electrons. The Bertz CT molecular complexity index is 1170. The van der Waals surface area contributed by atoms with Gasteiger partial charge in [0.15, 0.2) is 5.16 Å². The first-order chi connectivity index (χ1) is 15.8. The van der Waals surface area contributed by atoms with Crippen LogP contribution in [0.15, 0.2) is 52.6 Å². The van der Waals surface area contributed by atoms with E-state index in [2.05, 4.69) is 25.2 Å². The fourth-order valence-corrected chi connectivity index (χ4v) is 4.80. The van der Waals surface area contributed by atoms with Gasteiger partial charge in [-0.3, -0.25) is 4.21 Å². The number of halogens is 3. The van der Waals surface area contributed by atoms with E-state index >= 15 is 0 Å². The minimum absolute atomic E-state index is 0.519. The van der Waals surface area contributed by atoms with Crippen molar-refractivity contribution in [3.63, 3.8) is 0 Å². The van der Waals surface area contributed by atoms with Crippen LogP contribution >= 0.6 is 11.8 Å². The van der Waals surface area contributed by atoms with Crippen molar-refractivity contribution in [2.75, 3.05) is 35.8 Å². The van der Waals surface area contributed by atoms with Gasteiger partial charge in [-0.15, -0.1) is 0 Å². The average molecular weight is 494 g/mol. The second kappa shape index (κ2) is 9.68. The largest absolute Gasteiger partial charge is 0.416 e. The molecule has 0 spiro atoms. The molecule has 33 heavy (non-hydrogen) atoms. The van der Waals surface area contributed by atoms with Gasteiger partial charge in [-0.2, -0.15) is 13.2 Å². The standard InChI is InChI=1S/C22H22F3N5OS2/c1-32-21-28-17-10-13-30(20-18(33(2)31)4-3-11-26-20)12-9-16(17)19(29-21)27-15-7-5-14(6-8-15)22(23,24)25/h3-8,11H,9-10,12-13H2,1-2H3,(H,27,28,29). The molecular formula is C22H22F3N5OS2. The molecule has 11 heteroatoms. The molecule has 1 atom stereocenters. The number of anilines is 3. The van der Waals surface area contributed by atoms with Gasteiger partial charge in [0, 0.05) is 43.2 Å². The molecule has 6 nitrogen and oxygen atoms in total. The van der Waals surface area contributed by atoms with Crippen LogP contribution in [-0.4, -0.2) is 44.8 Å². The third kappa shape index (κ3) is 5.30. The summed E-state index contributed by atoms with van der Waals surface area (Å²) in [5.74, 6) is 1.28. The molecule has 1 aliphatic rings. The molecule has 4 rings (SSSR count). The number of nitrogens with zero attached hydrogens (tertiary/aromatic N) is 4. The van der Waals surface area contributed by atoms with Gasteiger partial charge >= 0.3 is 6.18 Å². The van der Waals surface area contributed by atoms with Crippen LogP contribution in [-0.2, 0) is 29.8 Å². The average Bonchev–Trinajstić information content (AvgIpc) is 3.01. The van der Waals surface area contributed by atoms with E-state index in [9.17, 15) is 17.4 Å². The van der Waals surface area contributed by atoms with Crippen molar-refractivity contribution in [1.82, 2.24) is 15.0 Å². The van der Waals surface area contributed by atoms with Crippen LogP contribution in [0.4, 0.5) is 30.5 Å². The van der Waals surface area contributed by atoms with Crippen molar-refractivity contribution in [3.8, 4) is 0 Å². The molecule has 0 aliphatic carbocycles. The number of alkyl halides is 3. The maximum absolute atomic E-state index is 12.9. The lowest BCUT2D eigenvalue weighted by Crippen LogP contribution is -2.28. The van der Waals surface area contributed by atoms with E-state index in [-0.39, 0.29) is 0 Å². The highest BCUT2D eigenvalue weighted by molar-refractivity contribution is 7.98. The van der Waals surface area contributed by atoms with Crippen LogP contribution in [0.1, 0.15) is 16.8 Å². The molecular weight excluding hydrogens is 471 g/mol. The van der Waals surface area contributed by atoms with Crippen LogP contribution in [0.3, 0.4) is 0 Å². The molecule has 0 amide bonds. The summed E-state index contributed by atoms with van der Waals surface area (Å²) in [4.78, 5) is 16.5. The Morgan fingerprint density at radius 1 is 1.09 bits per heavy atom. The first-order valence-electron chi connectivity index (χ1n) is 10.2. The lowest BCUT2D eigenvalue weighted by atomic mass is 10.1. The zero-order valence-electron chi connectivity index (χ0n) is 18.0. The Kier molecular flexibility index (Phi) is 6.89. The van der Waals surface area contributed by atoms with Crippen LogP contribution in [0.5, 0.6) is 0 Å². The van der Waals surface area contributed by atoms with Crippen molar-refractivity contribution in [3.05, 3.63) is 59.4 Å². The number of benzene rings is 1. The van der Waals surface area contributed by atoms with Crippen LogP contribution in [0.2, 0.25) is 0 Å². The zero-order valence-corrected chi connectivity index (χ0v) is 19.7. The second-order valence-electron chi connectivity index (χ2n) is 7.45. The van der Waals surface area contributed by atoms with Gasteiger partial charge in [0.2, 0.25) is 0 Å². The fourth-order valence-electron chi connectivity index (χ4n) is 3.71. The van der Waals surface area contributed by atoms with Crippen molar-refractivity contribution in [1.29, 1.82) is 0 Å². The highest BCUT2D eigenvalue weighted by Gasteiger charge is 2.30. The highest BCUT2D eigenvalue weighted by Crippen LogP contribution is 2.32. The Morgan fingerprint density at radius 2 is 1.82 bits per heavy atom. The minimum Gasteiger partial charge on any atom is -0.355 e. The molecule has 0 saturated heterocycles. The normalized spacial score (nSPS) is 15.0. The summed E-state index contributed by atoms with van der Waals surface area (Å²) in [6, 6.07) is 8.49. The van der Waals surface area contributed by atoms with E-state index in [1.54, 1.807) is 18.5 Å². The van der Waals surface area contributed by atoms with Crippen molar-refractivity contribution in [2.24, 2.45) is 0 Å². The van der Waals surface area contributed by atoms with E-state index in [1.165, 1.54) is 23.9 Å². The molecule has 1 aliphatic heterocycles. The third-order valence-corrected chi connectivity index (χ3v) is 6.83. The van der Waals surface area contributed by atoms with Gasteiger partial charge in [-0.05, 0) is 49.1 Å². The molecule has 0 bridgehead atoms. The first-order valence-corrected chi connectivity index (χ1v) is 13.0. The Balaban J connectivity index is 1.63. The van der Waals surface area contributed by atoms with E-state index in [0.717, 1.165) is 23.4 Å². The molecule has 1 unspecified atom stereocenters. The summed E-state index contributed by atoms with van der Waals surface area (Å²) >= 11 is 1.41. The SMILES string of the molecule is CSc1nc2c(c(Nc3ccc(C(F)(F)F)cc3)n1)CCN(c1ncccc1S(C)=O)CC2. The molecule has 0 radical (unpaired) electrons. The third-order valence-electron chi connectivity index (χ3n) is 5.34. The second-order valence-corrected chi connectivity index (χ2v) is 9.57. The number of aromatic nitrogens is 3. The Morgan fingerprint density at radius 3 is 2.48 bits per heavy atom. The molecule has 0 fully saturated rings. The topological polar surface area (TPSA) is 71.0 Å². The van der Waals surface area contributed by atoms with E-state index < -0.39 is 22.5 Å². The molecule has 1 N–H and O–H groups in total. The van der Waals surface area contributed by atoms with Gasteiger partial charge in [-0.25, -0.2) is 15.0 Å². The minimum atomic E-state index is -4.38. The first kappa shape index (κ1) is 23.5. The van der Waals surface area contributed by atoms with Gasteiger partial charge in [0.05, 0.1) is 27.0 Å². The maximum Gasteiger partial charge on any atom is 0.416 e. The summed E-state index contributed by atoms with van der Waals surface area (Å²) < 4.78 is 50.9. The van der Waals surface area contributed by atoms with Gasteiger partial charge in [0.1, 0.15) is 11.6 Å². The Labute approximate surface area is 196 Å². The van der Waals surface area contributed by atoms with E-state index in [4.69, 9.17) is 0 Å². The van der Waals surface area contributed by atoms with Crippen molar-refractivity contribution < 1.29 is 17.4 Å². The van der Waals surface area contributed by atoms with Crippen LogP contribution in [0.25, 0.3) is 0 Å². The molecule has 1 aromatic carbocycles. The van der Waals surface area contributed by atoms with Gasteiger partial charge in [-0.1, -0.05) is 11.8 Å². The number of nitrogens with one attached hydrogen (secondary N) is 1. The lowest BCUT2D eigenvalue weighted by molar-refractivity contribution is -0.137. The molecule has 3 heterocycles. The number of rotatable bonds is 5. The van der Waals surface area contributed by atoms with Gasteiger partial charge < -0.3 is 10.2 Å². The molecule has 3 aromatic rings. The predicted molar refractivity (Wildman–Crippen MR) is 125 cm³/mol. The number of fused-ring (bicyclic) bond motifs is 1. The number of hydrogen-bond acceptors (Lipinski definition) is 7.